The number of benzene rings is 4. The number of primary amides is 1. The number of amides is 3. The molecule has 0 saturated carbocycles. The molecule has 11 heteroatoms. The van der Waals surface area contributed by atoms with E-state index in [1.165, 1.54) is 36.2 Å². The lowest BCUT2D eigenvalue weighted by molar-refractivity contribution is -0.137. The van der Waals surface area contributed by atoms with E-state index in [0.717, 1.165) is 22.0 Å². The monoisotopic (exact) mass is 661 g/mol. The van der Waals surface area contributed by atoms with Crippen LogP contribution in [-0.4, -0.2) is 59.5 Å². The normalized spacial score (nSPS) is 12.5. The zero-order valence-corrected chi connectivity index (χ0v) is 27.6. The van der Waals surface area contributed by atoms with E-state index in [1.54, 1.807) is 48.7 Å². The van der Waals surface area contributed by atoms with Crippen molar-refractivity contribution in [2.75, 3.05) is 7.05 Å². The van der Waals surface area contributed by atoms with Gasteiger partial charge in [-0.05, 0) is 67.4 Å². The summed E-state index contributed by atoms with van der Waals surface area (Å²) in [6.07, 6.45) is 1.33. The number of hydrogen-bond donors (Lipinski definition) is 2. The molecule has 0 unspecified atom stereocenters. The van der Waals surface area contributed by atoms with Crippen LogP contribution in [0, 0.1) is 25.2 Å². The standard InChI is InChI=1S/C37H35N5O5S/c1-24-17-25(2)19-28(18-24)36(44)41(3)34(20-26-13-15-27(22-38)16-14-26)37(45)42(48(46,47)30-9-5-4-6-10-30)33(35(39)43)21-29-23-40-32-12-8-7-11-31(29)32/h4-19,23,33-34,40H,20-21H2,1-3H3,(H2,39,43)/t33-,34-/m0/s1. The average molecular weight is 662 g/mol. The summed E-state index contributed by atoms with van der Waals surface area (Å²) in [7, 11) is -3.27. The van der Waals surface area contributed by atoms with Gasteiger partial charge in [-0.25, -0.2) is 12.7 Å². The van der Waals surface area contributed by atoms with Crippen molar-refractivity contribution in [3.63, 3.8) is 0 Å². The van der Waals surface area contributed by atoms with Gasteiger partial charge in [0.1, 0.15) is 12.1 Å². The number of nitrogens with one attached hydrogen (secondary N) is 1. The highest BCUT2D eigenvalue weighted by molar-refractivity contribution is 7.89. The minimum absolute atomic E-state index is 0.114. The number of rotatable bonds is 11. The Bertz CT molecular complexity index is 2120. The third-order valence-electron chi connectivity index (χ3n) is 8.27. The van der Waals surface area contributed by atoms with E-state index in [-0.39, 0.29) is 17.7 Å². The Morgan fingerprint density at radius 2 is 1.48 bits per heavy atom. The number of carbonyl (C=O) groups is 3. The maximum atomic E-state index is 14.9. The first-order chi connectivity index (χ1) is 22.9. The van der Waals surface area contributed by atoms with Crippen molar-refractivity contribution in [2.24, 2.45) is 5.73 Å². The molecule has 5 aromatic rings. The summed E-state index contributed by atoms with van der Waals surface area (Å²) in [5.74, 6) is -2.56. The number of para-hydroxylation sites is 1. The van der Waals surface area contributed by atoms with Gasteiger partial charge in [0, 0.05) is 42.6 Å². The molecule has 0 radical (unpaired) electrons. The number of nitrogens with zero attached hydrogens (tertiary/aromatic N) is 3. The van der Waals surface area contributed by atoms with Crippen LogP contribution in [0.25, 0.3) is 10.9 Å². The van der Waals surface area contributed by atoms with Crippen LogP contribution in [0.4, 0.5) is 0 Å². The number of aromatic nitrogens is 1. The van der Waals surface area contributed by atoms with Crippen LogP contribution < -0.4 is 5.73 Å². The fourth-order valence-corrected chi connectivity index (χ4v) is 7.47. The van der Waals surface area contributed by atoms with Gasteiger partial charge in [0.05, 0.1) is 16.5 Å². The van der Waals surface area contributed by atoms with Crippen LogP contribution >= 0.6 is 0 Å². The van der Waals surface area contributed by atoms with E-state index < -0.39 is 39.8 Å². The molecule has 0 saturated heterocycles. The molecule has 0 aliphatic rings. The van der Waals surface area contributed by atoms with Crippen molar-refractivity contribution < 1.29 is 22.8 Å². The first kappa shape index (κ1) is 33.6. The van der Waals surface area contributed by atoms with Gasteiger partial charge in [0.2, 0.25) is 5.91 Å². The van der Waals surface area contributed by atoms with Crippen LogP contribution in [0.15, 0.2) is 108 Å². The van der Waals surface area contributed by atoms with Gasteiger partial charge in [-0.3, -0.25) is 14.4 Å². The van der Waals surface area contributed by atoms with E-state index >= 15 is 0 Å². The number of H-pyrrole nitrogens is 1. The second-order valence-corrected chi connectivity index (χ2v) is 13.6. The van der Waals surface area contributed by atoms with Crippen molar-refractivity contribution in [3.05, 3.63) is 137 Å². The molecule has 1 heterocycles. The summed E-state index contributed by atoms with van der Waals surface area (Å²) in [5.41, 5.74) is 10.2. The van der Waals surface area contributed by atoms with Crippen LogP contribution in [0.5, 0.6) is 0 Å². The van der Waals surface area contributed by atoms with Crippen LogP contribution in [0.3, 0.4) is 0 Å². The molecule has 10 nitrogen and oxygen atoms in total. The van der Waals surface area contributed by atoms with Gasteiger partial charge >= 0.3 is 0 Å². The Kier molecular flexibility index (Phi) is 9.77. The Hall–Kier alpha value is -5.73. The molecular formula is C37H35N5O5S. The molecule has 0 bridgehead atoms. The SMILES string of the molecule is Cc1cc(C)cc(C(=O)N(C)[C@@H](Cc2ccc(C#N)cc2)C(=O)N([C@@H](Cc2c[nH]c3ccccc23)C(N)=O)S(=O)(=O)c2ccccc2)c1. The highest BCUT2D eigenvalue weighted by atomic mass is 32.2. The van der Waals surface area contributed by atoms with E-state index in [4.69, 9.17) is 5.73 Å². The molecule has 2 atom stereocenters. The highest BCUT2D eigenvalue weighted by Crippen LogP contribution is 2.27. The molecule has 5 rings (SSSR count). The first-order valence-corrected chi connectivity index (χ1v) is 16.7. The lowest BCUT2D eigenvalue weighted by Gasteiger charge is -2.35. The largest absolute Gasteiger partial charge is 0.368 e. The van der Waals surface area contributed by atoms with Gasteiger partial charge in [0.15, 0.2) is 0 Å². The van der Waals surface area contributed by atoms with Gasteiger partial charge in [0.25, 0.3) is 21.8 Å². The number of carbonyl (C=O) groups excluding carboxylic acids is 3. The van der Waals surface area contributed by atoms with E-state index in [1.807, 2.05) is 50.2 Å². The minimum atomic E-state index is -4.69. The average Bonchev–Trinajstić information content (AvgIpc) is 3.49. The number of nitriles is 1. The van der Waals surface area contributed by atoms with Gasteiger partial charge < -0.3 is 15.6 Å². The zero-order chi connectivity index (χ0) is 34.6. The number of aromatic amines is 1. The Morgan fingerprint density at radius 3 is 2.10 bits per heavy atom. The number of nitrogens with two attached hydrogens (primary N) is 1. The topological polar surface area (TPSA) is 157 Å². The van der Waals surface area contributed by atoms with E-state index in [9.17, 15) is 28.1 Å². The van der Waals surface area contributed by atoms with Crippen molar-refractivity contribution in [1.82, 2.24) is 14.2 Å². The predicted molar refractivity (Wildman–Crippen MR) is 182 cm³/mol. The Morgan fingerprint density at radius 1 is 0.854 bits per heavy atom. The Labute approximate surface area is 279 Å². The molecule has 48 heavy (non-hydrogen) atoms. The summed E-state index contributed by atoms with van der Waals surface area (Å²) in [6, 6.07) is 25.4. The summed E-state index contributed by atoms with van der Waals surface area (Å²) in [6.45, 7) is 3.69. The molecule has 3 amide bonds. The third-order valence-corrected chi connectivity index (χ3v) is 10.1. The minimum Gasteiger partial charge on any atom is -0.368 e. The first-order valence-electron chi connectivity index (χ1n) is 15.2. The smallest absolute Gasteiger partial charge is 0.267 e. The second kappa shape index (κ2) is 13.9. The van der Waals surface area contributed by atoms with Crippen molar-refractivity contribution >= 4 is 38.6 Å². The number of sulfonamides is 1. The van der Waals surface area contributed by atoms with E-state index in [0.29, 0.717) is 26.6 Å². The molecule has 4 aromatic carbocycles. The molecule has 0 aliphatic carbocycles. The van der Waals surface area contributed by atoms with Crippen molar-refractivity contribution in [1.29, 1.82) is 5.26 Å². The summed E-state index contributed by atoms with van der Waals surface area (Å²) in [5, 5.41) is 10.0. The molecule has 244 valence electrons. The number of fused-ring (bicyclic) bond motifs is 1. The van der Waals surface area contributed by atoms with Gasteiger partial charge in [-0.2, -0.15) is 5.26 Å². The van der Waals surface area contributed by atoms with Gasteiger partial charge in [-0.1, -0.05) is 65.7 Å². The summed E-state index contributed by atoms with van der Waals surface area (Å²) in [4.78, 5) is 46.3. The quantitative estimate of drug-likeness (QED) is 0.210. The molecular weight excluding hydrogens is 627 g/mol. The fraction of sp³-hybridized carbons (Fsp3) is 0.189. The molecule has 0 aliphatic heterocycles. The zero-order valence-electron chi connectivity index (χ0n) is 26.8. The molecule has 3 N–H and O–H groups in total. The molecule has 1 aromatic heterocycles. The molecule has 0 spiro atoms. The summed E-state index contributed by atoms with van der Waals surface area (Å²) >= 11 is 0. The maximum Gasteiger partial charge on any atom is 0.267 e. The lowest BCUT2D eigenvalue weighted by Crippen LogP contribution is -2.58. The van der Waals surface area contributed by atoms with E-state index in [2.05, 4.69) is 4.98 Å². The van der Waals surface area contributed by atoms with Gasteiger partial charge in [-0.15, -0.1) is 0 Å². The molecule has 0 fully saturated rings. The second-order valence-electron chi connectivity index (χ2n) is 11.8. The Balaban J connectivity index is 1.66. The van der Waals surface area contributed by atoms with Crippen LogP contribution in [0.2, 0.25) is 0 Å². The predicted octanol–water partition coefficient (Wildman–Crippen LogP) is 4.65. The number of likely N-dealkylation sites (N-methyl/N-ethyl adjacent to an activating group) is 1. The third kappa shape index (κ3) is 6.99. The summed E-state index contributed by atoms with van der Waals surface area (Å²) < 4.78 is 29.5. The van der Waals surface area contributed by atoms with Crippen molar-refractivity contribution in [2.45, 2.75) is 43.7 Å². The highest BCUT2D eigenvalue weighted by Gasteiger charge is 2.44. The van der Waals surface area contributed by atoms with Crippen molar-refractivity contribution in [3.8, 4) is 6.07 Å². The van der Waals surface area contributed by atoms with Crippen LogP contribution in [-0.2, 0) is 32.5 Å². The number of hydrogen-bond acceptors (Lipinski definition) is 6. The van der Waals surface area contributed by atoms with Crippen LogP contribution in [0.1, 0.15) is 38.2 Å². The number of aryl methyl sites for hydroxylation is 2. The fourth-order valence-electron chi connectivity index (χ4n) is 5.87. The lowest BCUT2D eigenvalue weighted by atomic mass is 9.99. The maximum absolute atomic E-state index is 14.9.